The quantitative estimate of drug-likeness (QED) is 0.422. The molecule has 0 saturated heterocycles. The number of carbonyl (C=O) groups excluding carboxylic acids is 1. The minimum Gasteiger partial charge on any atom is -0.461 e. The van der Waals surface area contributed by atoms with Crippen molar-refractivity contribution in [3.8, 4) is 0 Å². The second-order valence-corrected chi connectivity index (χ2v) is 3.62. The van der Waals surface area contributed by atoms with Gasteiger partial charge in [-0.3, -0.25) is 4.79 Å². The topological polar surface area (TPSA) is 26.3 Å². The normalized spacial score (nSPS) is 9.43. The van der Waals surface area contributed by atoms with Crippen LogP contribution in [0.1, 0.15) is 0 Å². The van der Waals surface area contributed by atoms with Gasteiger partial charge in [0.25, 0.3) is 0 Å². The lowest BCUT2D eigenvalue weighted by atomic mass is 10.4. The summed E-state index contributed by atoms with van der Waals surface area (Å²) in [5, 5.41) is 0. The van der Waals surface area contributed by atoms with E-state index in [1.54, 1.807) is 6.08 Å². The molecular formula is C11H12O2S. The zero-order valence-corrected chi connectivity index (χ0v) is 8.63. The summed E-state index contributed by atoms with van der Waals surface area (Å²) in [5.74, 6) is 0.136. The first-order valence-corrected chi connectivity index (χ1v) is 5.26. The molecule has 3 heteroatoms. The molecule has 0 spiro atoms. The molecule has 0 heterocycles. The van der Waals surface area contributed by atoms with Crippen molar-refractivity contribution in [3.05, 3.63) is 43.0 Å². The van der Waals surface area contributed by atoms with Crippen molar-refractivity contribution in [1.29, 1.82) is 0 Å². The van der Waals surface area contributed by atoms with Gasteiger partial charge in [-0.2, -0.15) is 0 Å². The first kappa shape index (κ1) is 10.9. The van der Waals surface area contributed by atoms with Gasteiger partial charge in [0.2, 0.25) is 0 Å². The highest BCUT2D eigenvalue weighted by atomic mass is 32.2. The lowest BCUT2D eigenvalue weighted by Crippen LogP contribution is -2.06. The maximum absolute atomic E-state index is 11.1. The second-order valence-electron chi connectivity index (χ2n) is 2.57. The Morgan fingerprint density at radius 3 is 2.79 bits per heavy atom. The predicted octanol–water partition coefficient (Wildman–Crippen LogP) is 2.51. The molecule has 0 saturated carbocycles. The molecule has 14 heavy (non-hydrogen) atoms. The van der Waals surface area contributed by atoms with Crippen LogP contribution in [0.5, 0.6) is 0 Å². The molecule has 2 nitrogen and oxygen atoms in total. The number of benzene rings is 1. The third kappa shape index (κ3) is 4.14. The van der Waals surface area contributed by atoms with Crippen molar-refractivity contribution in [3.63, 3.8) is 0 Å². The predicted molar refractivity (Wildman–Crippen MR) is 58.3 cm³/mol. The van der Waals surface area contributed by atoms with Gasteiger partial charge >= 0.3 is 5.97 Å². The smallest absolute Gasteiger partial charge is 0.316 e. The summed E-state index contributed by atoms with van der Waals surface area (Å²) < 4.78 is 4.84. The molecule has 0 aliphatic heterocycles. The van der Waals surface area contributed by atoms with Crippen LogP contribution in [0, 0.1) is 0 Å². The molecule has 0 bridgehead atoms. The molecule has 0 aliphatic carbocycles. The molecule has 0 N–H and O–H groups in total. The summed E-state index contributed by atoms with van der Waals surface area (Å²) in [6.07, 6.45) is 1.56. The van der Waals surface area contributed by atoms with Crippen LogP contribution in [0.15, 0.2) is 47.9 Å². The minimum absolute atomic E-state index is 0.209. The van der Waals surface area contributed by atoms with Crippen molar-refractivity contribution >= 4 is 17.7 Å². The zero-order valence-electron chi connectivity index (χ0n) is 7.81. The Morgan fingerprint density at radius 2 is 2.14 bits per heavy atom. The average molecular weight is 208 g/mol. The summed E-state index contributed by atoms with van der Waals surface area (Å²) in [5.41, 5.74) is 0. The lowest BCUT2D eigenvalue weighted by molar-refractivity contribution is -0.139. The van der Waals surface area contributed by atoms with Gasteiger partial charge in [-0.1, -0.05) is 30.9 Å². The van der Waals surface area contributed by atoms with Crippen LogP contribution in [0.3, 0.4) is 0 Å². The number of esters is 1. The third-order valence-electron chi connectivity index (χ3n) is 1.46. The van der Waals surface area contributed by atoms with Gasteiger partial charge in [0.15, 0.2) is 0 Å². The Hall–Kier alpha value is -1.22. The highest BCUT2D eigenvalue weighted by molar-refractivity contribution is 8.00. The first-order chi connectivity index (χ1) is 6.83. The van der Waals surface area contributed by atoms with Gasteiger partial charge in [-0.25, -0.2) is 0 Å². The van der Waals surface area contributed by atoms with E-state index < -0.39 is 0 Å². The maximum atomic E-state index is 11.1. The van der Waals surface area contributed by atoms with E-state index in [0.29, 0.717) is 5.75 Å². The summed E-state index contributed by atoms with van der Waals surface area (Å²) in [7, 11) is 0. The van der Waals surface area contributed by atoms with E-state index in [1.807, 2.05) is 30.3 Å². The lowest BCUT2D eigenvalue weighted by Gasteiger charge is -2.01. The van der Waals surface area contributed by atoms with E-state index in [9.17, 15) is 4.79 Å². The number of carbonyl (C=O) groups is 1. The summed E-state index contributed by atoms with van der Waals surface area (Å²) >= 11 is 1.47. The maximum Gasteiger partial charge on any atom is 0.316 e. The monoisotopic (exact) mass is 208 g/mol. The fraction of sp³-hybridized carbons (Fsp3) is 0.182. The van der Waals surface area contributed by atoms with Gasteiger partial charge in [0.05, 0.1) is 5.75 Å². The van der Waals surface area contributed by atoms with Crippen molar-refractivity contribution < 1.29 is 9.53 Å². The molecule has 1 rings (SSSR count). The standard InChI is InChI=1S/C11H12O2S/c1-2-8-13-11(12)9-14-10-6-4-3-5-7-10/h2-7H,1,8-9H2. The molecule has 1 aromatic rings. The van der Waals surface area contributed by atoms with Crippen LogP contribution >= 0.6 is 11.8 Å². The Balaban J connectivity index is 2.27. The van der Waals surface area contributed by atoms with Crippen molar-refractivity contribution in [1.82, 2.24) is 0 Å². The van der Waals surface area contributed by atoms with E-state index in [2.05, 4.69) is 6.58 Å². The van der Waals surface area contributed by atoms with Crippen LogP contribution in [0.4, 0.5) is 0 Å². The molecule has 0 fully saturated rings. The molecular weight excluding hydrogens is 196 g/mol. The molecule has 0 radical (unpaired) electrons. The summed E-state index contributed by atoms with van der Waals surface area (Å²) in [4.78, 5) is 12.2. The third-order valence-corrected chi connectivity index (χ3v) is 2.45. The van der Waals surface area contributed by atoms with Gasteiger partial charge in [0, 0.05) is 4.90 Å². The molecule has 0 amide bonds. The minimum atomic E-state index is -0.209. The Labute approximate surface area is 88.0 Å². The van der Waals surface area contributed by atoms with Crippen molar-refractivity contribution in [2.45, 2.75) is 4.90 Å². The van der Waals surface area contributed by atoms with Crippen molar-refractivity contribution in [2.75, 3.05) is 12.4 Å². The molecule has 0 aromatic heterocycles. The zero-order chi connectivity index (χ0) is 10.2. The van der Waals surface area contributed by atoms with E-state index in [4.69, 9.17) is 4.74 Å². The number of thioether (sulfide) groups is 1. The van der Waals surface area contributed by atoms with Crippen LogP contribution in [0.25, 0.3) is 0 Å². The van der Waals surface area contributed by atoms with E-state index in [-0.39, 0.29) is 12.6 Å². The van der Waals surface area contributed by atoms with Gasteiger partial charge in [-0.05, 0) is 12.1 Å². The molecule has 1 aromatic carbocycles. The molecule has 0 aliphatic rings. The molecule has 0 atom stereocenters. The van der Waals surface area contributed by atoms with Gasteiger partial charge in [0.1, 0.15) is 6.61 Å². The average Bonchev–Trinajstić information content (AvgIpc) is 2.25. The van der Waals surface area contributed by atoms with E-state index >= 15 is 0 Å². The highest BCUT2D eigenvalue weighted by Crippen LogP contribution is 2.16. The van der Waals surface area contributed by atoms with Crippen LogP contribution < -0.4 is 0 Å². The number of hydrogen-bond donors (Lipinski definition) is 0. The van der Waals surface area contributed by atoms with Crippen LogP contribution in [-0.2, 0) is 9.53 Å². The van der Waals surface area contributed by atoms with Gasteiger partial charge < -0.3 is 4.74 Å². The van der Waals surface area contributed by atoms with Crippen LogP contribution in [-0.4, -0.2) is 18.3 Å². The molecule has 74 valence electrons. The number of ether oxygens (including phenoxy) is 1. The van der Waals surface area contributed by atoms with Crippen molar-refractivity contribution in [2.24, 2.45) is 0 Å². The van der Waals surface area contributed by atoms with Crippen LogP contribution in [0.2, 0.25) is 0 Å². The molecule has 0 unspecified atom stereocenters. The number of rotatable bonds is 5. The Bertz CT molecular complexity index is 295. The summed E-state index contributed by atoms with van der Waals surface area (Å²) in [6, 6.07) is 9.76. The fourth-order valence-electron chi connectivity index (χ4n) is 0.853. The first-order valence-electron chi connectivity index (χ1n) is 4.27. The Kier molecular flexibility index (Phi) is 4.86. The van der Waals surface area contributed by atoms with Gasteiger partial charge in [-0.15, -0.1) is 11.8 Å². The highest BCUT2D eigenvalue weighted by Gasteiger charge is 2.02. The SMILES string of the molecule is C=CCOC(=O)CSc1ccccc1. The second kappa shape index (κ2) is 6.27. The fourth-order valence-corrected chi connectivity index (χ4v) is 1.57. The summed E-state index contributed by atoms with van der Waals surface area (Å²) in [6.45, 7) is 3.75. The van der Waals surface area contributed by atoms with E-state index in [0.717, 1.165) is 4.90 Å². The Morgan fingerprint density at radius 1 is 1.43 bits per heavy atom. The largest absolute Gasteiger partial charge is 0.461 e. The van der Waals surface area contributed by atoms with E-state index in [1.165, 1.54) is 11.8 Å². The number of hydrogen-bond acceptors (Lipinski definition) is 3.